The largest absolute Gasteiger partial charge is 0.379 e. The number of primary amides is 1. The molecule has 2 heterocycles. The van der Waals surface area contributed by atoms with Crippen molar-refractivity contribution >= 4 is 32.9 Å². The number of carbonyl (C=O) groups is 2. The van der Waals surface area contributed by atoms with Gasteiger partial charge >= 0.3 is 0 Å². The molecule has 10 nitrogen and oxygen atoms in total. The normalized spacial score (nSPS) is 15.7. The average molecular weight is 500 g/mol. The summed E-state index contributed by atoms with van der Waals surface area (Å²) in [6.45, 7) is 3.95. The zero-order chi connectivity index (χ0) is 25.0. The SMILES string of the molecule is CCn1c(CCC(=O)NC(C(N)=O)c2ccccc2)nc2cc(S(=O)(=O)N3CCOCC3)ccc21. The number of fused-ring (bicyclic) bond motifs is 1. The first-order valence-electron chi connectivity index (χ1n) is 11.5. The number of nitrogens with two attached hydrogens (primary N) is 1. The molecule has 186 valence electrons. The molecule has 0 spiro atoms. The van der Waals surface area contributed by atoms with Crippen LogP contribution in [-0.2, 0) is 37.3 Å². The summed E-state index contributed by atoms with van der Waals surface area (Å²) in [7, 11) is -3.64. The van der Waals surface area contributed by atoms with Crippen LogP contribution in [0.4, 0.5) is 0 Å². The van der Waals surface area contributed by atoms with Gasteiger partial charge in [0.25, 0.3) is 0 Å². The fourth-order valence-electron chi connectivity index (χ4n) is 4.22. The highest BCUT2D eigenvalue weighted by atomic mass is 32.2. The van der Waals surface area contributed by atoms with Gasteiger partial charge in [0.2, 0.25) is 21.8 Å². The standard InChI is InChI=1S/C24H29N5O5S/c1-2-29-20-9-8-18(35(32,33)28-12-14-34-15-13-28)16-19(20)26-21(29)10-11-22(30)27-23(24(25)31)17-6-4-3-5-7-17/h3-9,16,23H,2,10-15H2,1H3,(H2,25,31)(H,27,30). The van der Waals surface area contributed by atoms with E-state index in [2.05, 4.69) is 10.3 Å². The summed E-state index contributed by atoms with van der Waals surface area (Å²) in [5.41, 5.74) is 7.45. The molecule has 1 fully saturated rings. The van der Waals surface area contributed by atoms with E-state index in [4.69, 9.17) is 10.5 Å². The van der Waals surface area contributed by atoms with E-state index in [1.54, 1.807) is 42.5 Å². The van der Waals surface area contributed by atoms with Crippen LogP contribution in [0.15, 0.2) is 53.4 Å². The summed E-state index contributed by atoms with van der Waals surface area (Å²) in [6.07, 6.45) is 0.416. The molecule has 1 saturated heterocycles. The van der Waals surface area contributed by atoms with Gasteiger partial charge in [-0.25, -0.2) is 13.4 Å². The highest BCUT2D eigenvalue weighted by Crippen LogP contribution is 2.24. The molecule has 1 aliphatic heterocycles. The number of amides is 2. The molecule has 1 unspecified atom stereocenters. The van der Waals surface area contributed by atoms with Gasteiger partial charge in [0.05, 0.1) is 29.1 Å². The van der Waals surface area contributed by atoms with E-state index in [1.165, 1.54) is 4.31 Å². The van der Waals surface area contributed by atoms with Gasteiger partial charge in [-0.05, 0) is 30.7 Å². The molecule has 1 atom stereocenters. The van der Waals surface area contributed by atoms with Gasteiger partial charge in [-0.1, -0.05) is 30.3 Å². The third-order valence-corrected chi connectivity index (χ3v) is 7.92. The summed E-state index contributed by atoms with van der Waals surface area (Å²) < 4.78 is 34.7. The molecule has 4 rings (SSSR count). The first-order valence-corrected chi connectivity index (χ1v) is 13.0. The Bertz CT molecular complexity index is 1320. The van der Waals surface area contributed by atoms with E-state index in [9.17, 15) is 18.0 Å². The highest BCUT2D eigenvalue weighted by molar-refractivity contribution is 7.89. The second kappa shape index (κ2) is 10.5. The Kier molecular flexibility index (Phi) is 7.48. The van der Waals surface area contributed by atoms with Crippen LogP contribution in [0.1, 0.15) is 30.8 Å². The molecule has 35 heavy (non-hydrogen) atoms. The summed E-state index contributed by atoms with van der Waals surface area (Å²) >= 11 is 0. The first-order chi connectivity index (χ1) is 16.8. The van der Waals surface area contributed by atoms with Crippen LogP contribution in [0.25, 0.3) is 11.0 Å². The Morgan fingerprint density at radius 2 is 1.86 bits per heavy atom. The lowest BCUT2D eigenvalue weighted by atomic mass is 10.1. The Morgan fingerprint density at radius 1 is 1.14 bits per heavy atom. The van der Waals surface area contributed by atoms with Gasteiger partial charge in [-0.3, -0.25) is 9.59 Å². The van der Waals surface area contributed by atoms with Crippen LogP contribution in [0.5, 0.6) is 0 Å². The summed E-state index contributed by atoms with van der Waals surface area (Å²) in [4.78, 5) is 29.3. The van der Waals surface area contributed by atoms with Crippen molar-refractivity contribution in [2.45, 2.75) is 37.2 Å². The summed E-state index contributed by atoms with van der Waals surface area (Å²) in [5, 5.41) is 2.69. The van der Waals surface area contributed by atoms with Crippen LogP contribution in [0, 0.1) is 0 Å². The maximum atomic E-state index is 13.0. The minimum absolute atomic E-state index is 0.0961. The third kappa shape index (κ3) is 5.37. The first kappa shape index (κ1) is 24.8. The van der Waals surface area contributed by atoms with E-state index in [-0.39, 0.29) is 17.2 Å². The Labute approximate surface area is 204 Å². The number of sulfonamides is 1. The number of nitrogens with one attached hydrogen (secondary N) is 1. The van der Waals surface area contributed by atoms with Gasteiger partial charge in [-0.15, -0.1) is 0 Å². The minimum atomic E-state index is -3.64. The van der Waals surface area contributed by atoms with Crippen molar-refractivity contribution in [3.63, 3.8) is 0 Å². The van der Waals surface area contributed by atoms with Gasteiger partial charge in [-0.2, -0.15) is 4.31 Å². The molecule has 0 radical (unpaired) electrons. The zero-order valence-electron chi connectivity index (χ0n) is 19.5. The van der Waals surface area contributed by atoms with Crippen molar-refractivity contribution in [1.82, 2.24) is 19.2 Å². The van der Waals surface area contributed by atoms with Crippen molar-refractivity contribution in [2.24, 2.45) is 5.73 Å². The molecule has 2 aromatic carbocycles. The molecule has 1 aromatic heterocycles. The molecule has 3 N–H and O–H groups in total. The molecule has 2 amide bonds. The number of nitrogens with zero attached hydrogens (tertiary/aromatic N) is 3. The predicted octanol–water partition coefficient (Wildman–Crippen LogP) is 1.35. The molecule has 1 aliphatic rings. The van der Waals surface area contributed by atoms with Gasteiger partial charge in [0.1, 0.15) is 11.9 Å². The number of morpholine rings is 1. The minimum Gasteiger partial charge on any atom is -0.379 e. The predicted molar refractivity (Wildman–Crippen MR) is 130 cm³/mol. The second-order valence-corrected chi connectivity index (χ2v) is 10.2. The Morgan fingerprint density at radius 3 is 2.51 bits per heavy atom. The van der Waals surface area contributed by atoms with Crippen LogP contribution in [-0.4, -0.2) is 60.4 Å². The van der Waals surface area contributed by atoms with Crippen LogP contribution < -0.4 is 11.1 Å². The van der Waals surface area contributed by atoms with Gasteiger partial charge in [0, 0.05) is 32.5 Å². The number of imidazole rings is 1. The maximum Gasteiger partial charge on any atom is 0.244 e. The average Bonchev–Trinajstić information content (AvgIpc) is 3.23. The van der Waals surface area contributed by atoms with Crippen molar-refractivity contribution < 1.29 is 22.7 Å². The second-order valence-electron chi connectivity index (χ2n) is 8.25. The Balaban J connectivity index is 1.51. The van der Waals surface area contributed by atoms with E-state index < -0.39 is 22.0 Å². The third-order valence-electron chi connectivity index (χ3n) is 6.02. The smallest absolute Gasteiger partial charge is 0.244 e. The molecule has 0 bridgehead atoms. The topological polar surface area (TPSA) is 137 Å². The van der Waals surface area contributed by atoms with Crippen molar-refractivity contribution in [3.05, 3.63) is 59.9 Å². The van der Waals surface area contributed by atoms with E-state index in [0.717, 1.165) is 5.52 Å². The molecule has 0 saturated carbocycles. The lowest BCUT2D eigenvalue weighted by Crippen LogP contribution is -2.40. The molecule has 11 heteroatoms. The number of benzene rings is 2. The van der Waals surface area contributed by atoms with Crippen LogP contribution in [0.3, 0.4) is 0 Å². The lowest BCUT2D eigenvalue weighted by molar-refractivity contribution is -0.127. The quantitative estimate of drug-likeness (QED) is 0.456. The zero-order valence-corrected chi connectivity index (χ0v) is 20.3. The van der Waals surface area contributed by atoms with Crippen molar-refractivity contribution in [3.8, 4) is 0 Å². The van der Waals surface area contributed by atoms with Gasteiger partial charge < -0.3 is 20.4 Å². The molecular weight excluding hydrogens is 470 g/mol. The highest BCUT2D eigenvalue weighted by Gasteiger charge is 2.27. The van der Waals surface area contributed by atoms with E-state index >= 15 is 0 Å². The monoisotopic (exact) mass is 499 g/mol. The fraction of sp³-hybridized carbons (Fsp3) is 0.375. The molecule has 0 aliphatic carbocycles. The number of carbonyl (C=O) groups excluding carboxylic acids is 2. The van der Waals surface area contributed by atoms with Crippen LogP contribution >= 0.6 is 0 Å². The fourth-order valence-corrected chi connectivity index (χ4v) is 5.65. The van der Waals surface area contributed by atoms with Gasteiger partial charge in [0.15, 0.2) is 0 Å². The number of hydrogen-bond donors (Lipinski definition) is 2. The molecule has 3 aromatic rings. The van der Waals surface area contributed by atoms with Crippen LogP contribution in [0.2, 0.25) is 0 Å². The van der Waals surface area contributed by atoms with E-state index in [0.29, 0.717) is 56.2 Å². The summed E-state index contributed by atoms with van der Waals surface area (Å²) in [5.74, 6) is -0.309. The van der Waals surface area contributed by atoms with Crippen molar-refractivity contribution in [2.75, 3.05) is 26.3 Å². The van der Waals surface area contributed by atoms with E-state index in [1.807, 2.05) is 17.6 Å². The number of hydrogen-bond acceptors (Lipinski definition) is 6. The maximum absolute atomic E-state index is 13.0. The summed E-state index contributed by atoms with van der Waals surface area (Å²) in [6, 6.07) is 12.8. The lowest BCUT2D eigenvalue weighted by Gasteiger charge is -2.26. The molecular formula is C24H29N5O5S. The number of aromatic nitrogens is 2. The van der Waals surface area contributed by atoms with Crippen molar-refractivity contribution in [1.29, 1.82) is 0 Å². The Hall–Kier alpha value is -3.28. The number of ether oxygens (including phenoxy) is 1. The number of rotatable bonds is 9. The number of aryl methyl sites for hydroxylation is 2.